The van der Waals surface area contributed by atoms with Crippen LogP contribution in [0.1, 0.15) is 183 Å². The third-order valence-corrected chi connectivity index (χ3v) is 17.3. The number of ether oxygens (including phenoxy) is 10. The van der Waals surface area contributed by atoms with Crippen molar-refractivity contribution in [1.82, 2.24) is 26.6 Å². The first-order chi connectivity index (χ1) is 46.5. The number of carbonyl (C=O) groups is 5. The van der Waals surface area contributed by atoms with Crippen LogP contribution in [0.2, 0.25) is 0 Å². The second-order valence-corrected chi connectivity index (χ2v) is 26.5. The monoisotopic (exact) mass is 1400 g/mol. The van der Waals surface area contributed by atoms with Gasteiger partial charge in [0, 0.05) is 115 Å². The lowest BCUT2D eigenvalue weighted by Gasteiger charge is -2.40. The fourth-order valence-corrected chi connectivity index (χ4v) is 10.8. The van der Waals surface area contributed by atoms with Crippen LogP contribution in [-0.2, 0) is 71.3 Å². The van der Waals surface area contributed by atoms with Crippen molar-refractivity contribution < 1.29 is 117 Å². The van der Waals surface area contributed by atoms with E-state index < -0.39 is 117 Å². The second kappa shape index (κ2) is 54.3. The maximum atomic E-state index is 12.6. The molecule has 0 aromatic rings. The zero-order chi connectivity index (χ0) is 71.8. The Morgan fingerprint density at radius 1 is 0.381 bits per heavy atom. The van der Waals surface area contributed by atoms with Crippen LogP contribution in [0.5, 0.6) is 0 Å². The molecule has 3 saturated heterocycles. The number of unbranched alkanes of at least 4 members (excludes halogenated alkanes) is 12. The second-order valence-electron chi connectivity index (χ2n) is 26.5. The summed E-state index contributed by atoms with van der Waals surface area (Å²) in [5.74, 6) is -1.75. The van der Waals surface area contributed by atoms with Crippen LogP contribution in [0, 0.1) is 23.2 Å². The van der Waals surface area contributed by atoms with E-state index in [1.165, 1.54) is 0 Å². The topological polar surface area (TPSA) is 420 Å². The maximum Gasteiger partial charge on any atom is 0.222 e. The number of hydrogen-bond donors (Lipinski definition) is 14. The van der Waals surface area contributed by atoms with Crippen molar-refractivity contribution in [1.29, 1.82) is 0 Å². The van der Waals surface area contributed by atoms with Gasteiger partial charge in [-0.3, -0.25) is 24.0 Å². The fraction of sp³-hybridized carbons (Fsp3) is 0.926. The van der Waals surface area contributed by atoms with Gasteiger partial charge >= 0.3 is 0 Å². The van der Waals surface area contributed by atoms with Gasteiger partial charge in [0.05, 0.1) is 83.9 Å². The number of nitrogens with one attached hydrogen (secondary N) is 5. The Morgan fingerprint density at radius 2 is 0.660 bits per heavy atom. The van der Waals surface area contributed by atoms with Crippen LogP contribution in [0.3, 0.4) is 0 Å². The Hall–Kier alpha value is -3.41. The van der Waals surface area contributed by atoms with Crippen LogP contribution < -0.4 is 26.6 Å². The summed E-state index contributed by atoms with van der Waals surface area (Å²) >= 11 is 0. The van der Waals surface area contributed by atoms with Gasteiger partial charge < -0.3 is 120 Å². The molecule has 29 heteroatoms. The molecule has 570 valence electrons. The molecular formula is C68H129N5O24. The number of aliphatic hydroxyl groups excluding tert-OH is 9. The Morgan fingerprint density at radius 3 is 0.948 bits per heavy atom. The molecule has 15 atom stereocenters. The zero-order valence-corrected chi connectivity index (χ0v) is 59.5. The summed E-state index contributed by atoms with van der Waals surface area (Å²) in [5, 5.41) is 103. The molecule has 0 bridgehead atoms. The molecule has 0 aliphatic carbocycles. The Bertz CT molecular complexity index is 1860. The quantitative estimate of drug-likeness (QED) is 0.0384. The van der Waals surface area contributed by atoms with Crippen molar-refractivity contribution in [3.8, 4) is 0 Å². The predicted molar refractivity (Wildman–Crippen MR) is 358 cm³/mol. The Balaban J connectivity index is 0.00000137. The molecule has 0 saturated carbocycles. The van der Waals surface area contributed by atoms with Gasteiger partial charge in [0.2, 0.25) is 29.5 Å². The van der Waals surface area contributed by atoms with Gasteiger partial charge in [-0.1, -0.05) is 79.1 Å². The summed E-state index contributed by atoms with van der Waals surface area (Å²) < 4.78 is 57.4. The average molecular weight is 1400 g/mol. The zero-order valence-electron chi connectivity index (χ0n) is 59.5. The number of amides is 5. The molecule has 0 spiro atoms. The van der Waals surface area contributed by atoms with E-state index in [1.807, 2.05) is 20.8 Å². The lowest BCUT2D eigenvalue weighted by molar-refractivity contribution is -0.282. The minimum absolute atomic E-state index is 0.0126. The summed E-state index contributed by atoms with van der Waals surface area (Å²) in [6.45, 7) is 15.2. The summed E-state index contributed by atoms with van der Waals surface area (Å²) in [6, 6.07) is 0. The van der Waals surface area contributed by atoms with Crippen LogP contribution >= 0.6 is 0 Å². The van der Waals surface area contributed by atoms with Gasteiger partial charge in [-0.05, 0) is 71.6 Å². The van der Waals surface area contributed by atoms with Crippen molar-refractivity contribution >= 4 is 29.5 Å². The van der Waals surface area contributed by atoms with E-state index in [-0.39, 0.29) is 88.4 Å². The third kappa shape index (κ3) is 39.6. The molecule has 3 rings (SSSR count). The molecule has 3 heterocycles. The Labute approximate surface area is 576 Å². The highest BCUT2D eigenvalue weighted by Gasteiger charge is 2.45. The third-order valence-electron chi connectivity index (χ3n) is 17.3. The lowest BCUT2D eigenvalue weighted by atomic mass is 9.92. The van der Waals surface area contributed by atoms with Crippen LogP contribution in [-0.4, -0.2) is 275 Å². The molecule has 14 N–H and O–H groups in total. The molecular weight excluding hydrogens is 1270 g/mol. The normalized spacial score (nSPS) is 26.3. The summed E-state index contributed by atoms with van der Waals surface area (Å²) in [4.78, 5) is 60.2. The van der Waals surface area contributed by atoms with E-state index in [0.29, 0.717) is 64.8 Å². The fourth-order valence-electron chi connectivity index (χ4n) is 10.8. The molecule has 5 amide bonds. The van der Waals surface area contributed by atoms with Gasteiger partial charge in [-0.25, -0.2) is 0 Å². The predicted octanol–water partition coefficient (Wildman–Crippen LogP) is 1.52. The smallest absolute Gasteiger partial charge is 0.222 e. The summed E-state index contributed by atoms with van der Waals surface area (Å²) in [6.07, 6.45) is 4.67. The van der Waals surface area contributed by atoms with Gasteiger partial charge in [-0.2, -0.15) is 0 Å². The van der Waals surface area contributed by atoms with Gasteiger partial charge in [0.15, 0.2) is 18.9 Å². The standard InChI is InChI=1S/C53H99N3O21.C15H30N2O3/c1-35-44(63)47(66)38(29-57)75-50(35)72-23-14-8-5-11-20-54-41(60)17-26-69-32-53(4,33-70-27-18-42(61)55-21-12-6-9-15-24-73-51-36(2)45(64)48(67)39(30-58)76-51)34-71-28-19-43(62)56-22-13-7-10-16-25-74-52-37(3)46(65)49(68)40(31-59)77-52;1-13(2)20-12-7-5-4-6-11-17-15(19)10-8-9-14(18)16-3/h35-40,44-52,57-59,63-68H,5-34H2,1-4H3,(H,54,60)(H,55,61)(H,56,62);13H,4-12H2,1-3H3,(H,16,18)(H,17,19)/t35?,36?,37?,38?,39?,40?,44-,45-,46-,47+,48+,49+,50-,51-,52-,53?;/m1./s1. The number of aliphatic hydroxyl groups is 9. The van der Waals surface area contributed by atoms with Gasteiger partial charge in [-0.15, -0.1) is 0 Å². The molecule has 0 radical (unpaired) electrons. The van der Waals surface area contributed by atoms with Crippen molar-refractivity contribution in [2.24, 2.45) is 23.2 Å². The lowest BCUT2D eigenvalue weighted by Crippen LogP contribution is -2.55. The number of hydrogen-bond acceptors (Lipinski definition) is 24. The van der Waals surface area contributed by atoms with E-state index in [2.05, 4.69) is 26.6 Å². The highest BCUT2D eigenvalue weighted by atomic mass is 16.7. The first-order valence-corrected chi connectivity index (χ1v) is 35.9. The highest BCUT2D eigenvalue weighted by Crippen LogP contribution is 2.30. The van der Waals surface area contributed by atoms with Crippen molar-refractivity contribution in [3.63, 3.8) is 0 Å². The molecule has 3 fully saturated rings. The van der Waals surface area contributed by atoms with Crippen molar-refractivity contribution in [2.75, 3.05) is 119 Å². The average Bonchev–Trinajstić information content (AvgIpc) is 0.867. The number of carbonyl (C=O) groups excluding carboxylic acids is 5. The first kappa shape index (κ1) is 89.7. The maximum absolute atomic E-state index is 12.6. The number of rotatable bonds is 54. The molecule has 0 aromatic carbocycles. The van der Waals surface area contributed by atoms with Crippen molar-refractivity contribution in [3.05, 3.63) is 0 Å². The van der Waals surface area contributed by atoms with E-state index in [1.54, 1.807) is 27.8 Å². The first-order valence-electron chi connectivity index (χ1n) is 35.9. The van der Waals surface area contributed by atoms with E-state index in [4.69, 9.17) is 47.4 Å². The molecule has 3 aliphatic rings. The molecule has 0 aromatic heterocycles. The molecule has 29 nitrogen and oxygen atoms in total. The van der Waals surface area contributed by atoms with E-state index in [0.717, 1.165) is 116 Å². The SMILES string of the molecule is CC1[C@H](OCCCCCCNC(=O)CCOCC(C)(COCCC(=O)NCCCCCCO[C@@H]2OC(CO)[C@H](O)[C@H](O)C2C)COCCC(=O)NCCCCCCO[C@@H]2OC(CO)[C@H](O)[C@H](O)C2C)OC(CO)[C@H](O)[C@@H]1O.CNC(=O)CCCC(=O)NCCCCCCOC(C)C. The van der Waals surface area contributed by atoms with Crippen LogP contribution in [0.25, 0.3) is 0 Å². The molecule has 3 aliphatic heterocycles. The van der Waals surface area contributed by atoms with E-state index >= 15 is 0 Å². The molecule has 6 unspecified atom stereocenters. The Kier molecular flexibility index (Phi) is 50.2. The molecule has 97 heavy (non-hydrogen) atoms. The van der Waals surface area contributed by atoms with Crippen LogP contribution in [0.4, 0.5) is 0 Å². The van der Waals surface area contributed by atoms with Gasteiger partial charge in [0.25, 0.3) is 0 Å². The minimum atomic E-state index is -1.17. The van der Waals surface area contributed by atoms with Crippen LogP contribution in [0.15, 0.2) is 0 Å². The minimum Gasteiger partial charge on any atom is -0.394 e. The largest absolute Gasteiger partial charge is 0.394 e. The van der Waals surface area contributed by atoms with E-state index in [9.17, 15) is 69.9 Å². The summed E-state index contributed by atoms with van der Waals surface area (Å²) in [5.41, 5.74) is -0.658. The van der Waals surface area contributed by atoms with Crippen molar-refractivity contribution in [2.45, 2.75) is 263 Å². The summed E-state index contributed by atoms with van der Waals surface area (Å²) in [7, 11) is 1.61. The van der Waals surface area contributed by atoms with Gasteiger partial charge in [0.1, 0.15) is 36.6 Å². The highest BCUT2D eigenvalue weighted by molar-refractivity contribution is 5.78.